The van der Waals surface area contributed by atoms with Gasteiger partial charge in [-0.15, -0.1) is 0 Å². The number of amides is 1. The van der Waals surface area contributed by atoms with Gasteiger partial charge in [0.25, 0.3) is 5.91 Å². The fourth-order valence-corrected chi connectivity index (χ4v) is 2.00. The Morgan fingerprint density at radius 1 is 1.35 bits per heavy atom. The molecule has 3 rings (SSSR count). The Morgan fingerprint density at radius 2 is 2.20 bits per heavy atom. The molecule has 100 valence electrons. The van der Waals surface area contributed by atoms with Gasteiger partial charge in [0, 0.05) is 16.8 Å². The maximum absolute atomic E-state index is 12.3. The highest BCUT2D eigenvalue weighted by molar-refractivity contribution is 6.12. The minimum absolute atomic E-state index is 0.289. The van der Waals surface area contributed by atoms with Gasteiger partial charge in [0.1, 0.15) is 6.33 Å². The Kier molecular flexibility index (Phi) is 2.79. The minimum atomic E-state index is -0.289. The van der Waals surface area contributed by atoms with Gasteiger partial charge in [-0.1, -0.05) is 0 Å². The number of fused-ring (bicyclic) bond motifs is 1. The van der Waals surface area contributed by atoms with Crippen molar-refractivity contribution in [1.29, 1.82) is 0 Å². The number of pyridine rings is 1. The molecule has 0 saturated heterocycles. The molecule has 0 atom stereocenters. The SMILES string of the molecule is Cc1cc(C(=O)Nc2ncn[nH]2)c2cc(N)ccc2n1. The third-order valence-electron chi connectivity index (χ3n) is 2.85. The minimum Gasteiger partial charge on any atom is -0.399 e. The van der Waals surface area contributed by atoms with Gasteiger partial charge in [0.15, 0.2) is 0 Å². The zero-order chi connectivity index (χ0) is 14.1. The van der Waals surface area contributed by atoms with E-state index in [1.165, 1.54) is 6.33 Å². The second-order valence-corrected chi connectivity index (χ2v) is 4.38. The molecule has 0 aliphatic rings. The average molecular weight is 268 g/mol. The van der Waals surface area contributed by atoms with Gasteiger partial charge in [-0.2, -0.15) is 10.1 Å². The topological polar surface area (TPSA) is 110 Å². The summed E-state index contributed by atoms with van der Waals surface area (Å²) >= 11 is 0. The molecule has 4 N–H and O–H groups in total. The van der Waals surface area contributed by atoms with Crippen LogP contribution in [0.25, 0.3) is 10.9 Å². The van der Waals surface area contributed by atoms with E-state index in [0.29, 0.717) is 22.6 Å². The van der Waals surface area contributed by atoms with E-state index >= 15 is 0 Å². The third-order valence-corrected chi connectivity index (χ3v) is 2.85. The molecule has 1 amide bonds. The summed E-state index contributed by atoms with van der Waals surface area (Å²) in [6.07, 6.45) is 1.32. The molecule has 7 nitrogen and oxygen atoms in total. The number of nitrogens with one attached hydrogen (secondary N) is 2. The summed E-state index contributed by atoms with van der Waals surface area (Å²) in [5.41, 5.74) is 8.33. The molecular weight excluding hydrogens is 256 g/mol. The van der Waals surface area contributed by atoms with Crippen molar-refractivity contribution in [2.24, 2.45) is 0 Å². The first-order valence-corrected chi connectivity index (χ1v) is 5.97. The molecule has 0 unspecified atom stereocenters. The zero-order valence-corrected chi connectivity index (χ0v) is 10.7. The predicted octanol–water partition coefficient (Wildman–Crippen LogP) is 1.50. The first-order valence-electron chi connectivity index (χ1n) is 5.97. The molecule has 0 fully saturated rings. The van der Waals surface area contributed by atoms with E-state index < -0.39 is 0 Å². The van der Waals surface area contributed by atoms with Gasteiger partial charge in [-0.05, 0) is 31.2 Å². The monoisotopic (exact) mass is 268 g/mol. The van der Waals surface area contributed by atoms with E-state index in [1.807, 2.05) is 6.92 Å². The molecule has 2 aromatic heterocycles. The molecule has 0 aliphatic carbocycles. The Morgan fingerprint density at radius 3 is 2.95 bits per heavy atom. The summed E-state index contributed by atoms with van der Waals surface area (Å²) in [6, 6.07) is 7.00. The number of hydrogen-bond donors (Lipinski definition) is 3. The summed E-state index contributed by atoms with van der Waals surface area (Å²) in [7, 11) is 0. The lowest BCUT2D eigenvalue weighted by Crippen LogP contribution is -2.14. The van der Waals surface area contributed by atoms with Crippen LogP contribution in [0, 0.1) is 6.92 Å². The van der Waals surface area contributed by atoms with Gasteiger partial charge in [0.2, 0.25) is 5.95 Å². The fourth-order valence-electron chi connectivity index (χ4n) is 2.00. The van der Waals surface area contributed by atoms with E-state index in [1.54, 1.807) is 24.3 Å². The Bertz CT molecular complexity index is 781. The summed E-state index contributed by atoms with van der Waals surface area (Å²) < 4.78 is 0. The van der Waals surface area contributed by atoms with Crippen LogP contribution in [0.5, 0.6) is 0 Å². The zero-order valence-electron chi connectivity index (χ0n) is 10.7. The molecule has 1 aromatic carbocycles. The lowest BCUT2D eigenvalue weighted by Gasteiger charge is -2.08. The van der Waals surface area contributed by atoms with E-state index in [-0.39, 0.29) is 5.91 Å². The number of H-pyrrole nitrogens is 1. The average Bonchev–Trinajstić information content (AvgIpc) is 2.91. The van der Waals surface area contributed by atoms with Gasteiger partial charge in [-0.25, -0.2) is 5.10 Å². The van der Waals surface area contributed by atoms with Gasteiger partial charge >= 0.3 is 0 Å². The van der Waals surface area contributed by atoms with Crippen LogP contribution >= 0.6 is 0 Å². The standard InChI is InChI=1S/C13H12N6O/c1-7-4-10(12(20)18-13-15-6-16-19-13)9-5-8(14)2-3-11(9)17-7/h2-6H,14H2,1H3,(H2,15,16,18,19,20). The molecule has 3 aromatic rings. The number of anilines is 2. The number of aromatic nitrogens is 4. The molecule has 2 heterocycles. The van der Waals surface area contributed by atoms with Gasteiger partial charge < -0.3 is 5.73 Å². The maximum Gasteiger partial charge on any atom is 0.258 e. The number of aryl methyl sites for hydroxylation is 1. The smallest absolute Gasteiger partial charge is 0.258 e. The molecule has 0 radical (unpaired) electrons. The number of rotatable bonds is 2. The Hall–Kier alpha value is -2.96. The lowest BCUT2D eigenvalue weighted by molar-refractivity contribution is 0.102. The number of nitrogen functional groups attached to an aromatic ring is 1. The summed E-state index contributed by atoms with van der Waals surface area (Å²) in [4.78, 5) is 20.6. The van der Waals surface area contributed by atoms with Crippen molar-refractivity contribution < 1.29 is 4.79 Å². The molecule has 0 aliphatic heterocycles. The van der Waals surface area contributed by atoms with Crippen molar-refractivity contribution in [3.8, 4) is 0 Å². The molecule has 0 saturated carbocycles. The Balaban J connectivity index is 2.09. The third kappa shape index (κ3) is 2.16. The van der Waals surface area contributed by atoms with Crippen LogP contribution in [-0.4, -0.2) is 26.1 Å². The summed E-state index contributed by atoms with van der Waals surface area (Å²) in [6.45, 7) is 1.83. The molecular formula is C13H12N6O. The number of aromatic amines is 1. The summed E-state index contributed by atoms with van der Waals surface area (Å²) in [5.74, 6) is 0.00404. The van der Waals surface area contributed by atoms with Crippen LogP contribution in [0.1, 0.15) is 16.1 Å². The second kappa shape index (κ2) is 4.61. The number of carbonyl (C=O) groups excluding carboxylic acids is 1. The van der Waals surface area contributed by atoms with Crippen molar-refractivity contribution in [3.05, 3.63) is 41.9 Å². The molecule has 0 bridgehead atoms. The largest absolute Gasteiger partial charge is 0.399 e. The summed E-state index contributed by atoms with van der Waals surface area (Å²) in [5, 5.41) is 9.60. The van der Waals surface area contributed by atoms with Crippen molar-refractivity contribution in [1.82, 2.24) is 20.2 Å². The van der Waals surface area contributed by atoms with Crippen molar-refractivity contribution >= 4 is 28.4 Å². The van der Waals surface area contributed by atoms with Crippen LogP contribution in [-0.2, 0) is 0 Å². The first-order chi connectivity index (χ1) is 9.63. The Labute approximate surface area is 114 Å². The van der Waals surface area contributed by atoms with E-state index in [2.05, 4.69) is 25.5 Å². The van der Waals surface area contributed by atoms with Gasteiger partial charge in [0.05, 0.1) is 11.1 Å². The van der Waals surface area contributed by atoms with E-state index in [4.69, 9.17) is 5.73 Å². The van der Waals surface area contributed by atoms with Gasteiger partial charge in [-0.3, -0.25) is 15.1 Å². The number of carbonyl (C=O) groups is 1. The van der Waals surface area contributed by atoms with Crippen LogP contribution in [0.4, 0.5) is 11.6 Å². The quantitative estimate of drug-likeness (QED) is 0.610. The second-order valence-electron chi connectivity index (χ2n) is 4.38. The fraction of sp³-hybridized carbons (Fsp3) is 0.0769. The van der Waals surface area contributed by atoms with Crippen molar-refractivity contribution in [2.75, 3.05) is 11.1 Å². The lowest BCUT2D eigenvalue weighted by atomic mass is 10.1. The van der Waals surface area contributed by atoms with Crippen LogP contribution in [0.3, 0.4) is 0 Å². The highest BCUT2D eigenvalue weighted by atomic mass is 16.1. The van der Waals surface area contributed by atoms with Crippen molar-refractivity contribution in [2.45, 2.75) is 6.92 Å². The molecule has 7 heteroatoms. The van der Waals surface area contributed by atoms with E-state index in [9.17, 15) is 4.79 Å². The van der Waals surface area contributed by atoms with Crippen LogP contribution in [0.2, 0.25) is 0 Å². The van der Waals surface area contributed by atoms with Crippen LogP contribution < -0.4 is 11.1 Å². The van der Waals surface area contributed by atoms with E-state index in [0.717, 1.165) is 11.2 Å². The molecule has 20 heavy (non-hydrogen) atoms. The number of nitrogens with two attached hydrogens (primary N) is 1. The normalized spacial score (nSPS) is 10.7. The first kappa shape index (κ1) is 12.1. The number of nitrogens with zero attached hydrogens (tertiary/aromatic N) is 3. The maximum atomic E-state index is 12.3. The number of hydrogen-bond acceptors (Lipinski definition) is 5. The highest BCUT2D eigenvalue weighted by Crippen LogP contribution is 2.21. The highest BCUT2D eigenvalue weighted by Gasteiger charge is 2.13. The number of benzene rings is 1. The van der Waals surface area contributed by atoms with Crippen LogP contribution in [0.15, 0.2) is 30.6 Å². The predicted molar refractivity (Wildman–Crippen MR) is 75.2 cm³/mol. The molecule has 0 spiro atoms. The van der Waals surface area contributed by atoms with Crippen molar-refractivity contribution in [3.63, 3.8) is 0 Å².